The first-order valence-corrected chi connectivity index (χ1v) is 13.4. The second kappa shape index (κ2) is 15.5. The number of hydrogen-bond donors (Lipinski definition) is 2. The van der Waals surface area contributed by atoms with Crippen LogP contribution in [-0.2, 0) is 23.9 Å². The molecule has 0 spiro atoms. The lowest BCUT2D eigenvalue weighted by Crippen LogP contribution is -2.43. The summed E-state index contributed by atoms with van der Waals surface area (Å²) in [6.07, 6.45) is 0.970. The van der Waals surface area contributed by atoms with Gasteiger partial charge < -0.3 is 25.1 Å². The zero-order valence-electron chi connectivity index (χ0n) is 24.0. The Hall–Kier alpha value is -2.94. The zero-order chi connectivity index (χ0) is 29.2. The highest BCUT2D eigenvalue weighted by Crippen LogP contribution is 2.37. The highest BCUT2D eigenvalue weighted by atomic mass is 16.6. The molecule has 9 nitrogen and oxygen atoms in total. The molecule has 0 fully saturated rings. The predicted molar refractivity (Wildman–Crippen MR) is 144 cm³/mol. The van der Waals surface area contributed by atoms with E-state index in [0.29, 0.717) is 24.3 Å². The van der Waals surface area contributed by atoms with Crippen LogP contribution >= 0.6 is 0 Å². The van der Waals surface area contributed by atoms with Gasteiger partial charge >= 0.3 is 23.9 Å². The number of carbonyl (C=O) groups is 4. The molecule has 0 aliphatic carbocycles. The van der Waals surface area contributed by atoms with E-state index in [1.807, 2.05) is 27.7 Å². The van der Waals surface area contributed by atoms with E-state index < -0.39 is 47.9 Å². The standard InChI is InChI=1S/C29H45NO8/c1-16(2)9-13-24(31)37-22-12-11-21(15-23(22)38-25(32)14-10-17(3)4)26(27(30)28(33)34)19(7)20(8)36-29(35)18(5)6/h11-12,15-20,26-27H,9-10,13-14,30H2,1-8H3,(H,33,34)/t19?,20?,26?,27-/m0/s1. The van der Waals surface area contributed by atoms with Crippen molar-refractivity contribution in [3.05, 3.63) is 23.8 Å². The molecule has 0 bridgehead atoms. The number of carbonyl (C=O) groups excluding carboxylic acids is 3. The summed E-state index contributed by atoms with van der Waals surface area (Å²) in [4.78, 5) is 49.1. The third kappa shape index (κ3) is 10.8. The van der Waals surface area contributed by atoms with Crippen molar-refractivity contribution in [3.8, 4) is 11.5 Å². The van der Waals surface area contributed by atoms with Gasteiger partial charge in [-0.05, 0) is 49.3 Å². The fourth-order valence-electron chi connectivity index (χ4n) is 3.77. The lowest BCUT2D eigenvalue weighted by atomic mass is 9.79. The molecule has 0 saturated carbocycles. The molecule has 0 saturated heterocycles. The van der Waals surface area contributed by atoms with Crippen LogP contribution in [0.1, 0.15) is 92.6 Å². The van der Waals surface area contributed by atoms with Crippen molar-refractivity contribution in [2.24, 2.45) is 29.4 Å². The molecule has 1 aromatic rings. The minimum absolute atomic E-state index is 0.00997. The summed E-state index contributed by atoms with van der Waals surface area (Å²) in [5, 5.41) is 9.74. The maximum Gasteiger partial charge on any atom is 0.321 e. The van der Waals surface area contributed by atoms with Crippen molar-refractivity contribution >= 4 is 23.9 Å². The van der Waals surface area contributed by atoms with Gasteiger partial charge in [0, 0.05) is 24.7 Å². The summed E-state index contributed by atoms with van der Waals surface area (Å²) in [5.74, 6) is -3.59. The van der Waals surface area contributed by atoms with Crippen LogP contribution < -0.4 is 15.2 Å². The van der Waals surface area contributed by atoms with Crippen LogP contribution in [0.4, 0.5) is 0 Å². The van der Waals surface area contributed by atoms with Crippen LogP contribution in [0.5, 0.6) is 11.5 Å². The van der Waals surface area contributed by atoms with Crippen molar-refractivity contribution in [2.75, 3.05) is 0 Å². The smallest absolute Gasteiger partial charge is 0.321 e. The van der Waals surface area contributed by atoms with E-state index in [4.69, 9.17) is 19.9 Å². The minimum Gasteiger partial charge on any atom is -0.480 e. The maximum atomic E-state index is 12.6. The number of ether oxygens (including phenoxy) is 3. The molecule has 0 aromatic heterocycles. The second-order valence-corrected chi connectivity index (χ2v) is 11.1. The molecule has 0 aliphatic rings. The molecule has 1 rings (SSSR count). The number of benzene rings is 1. The average molecular weight is 536 g/mol. The van der Waals surface area contributed by atoms with Crippen molar-refractivity contribution in [1.29, 1.82) is 0 Å². The van der Waals surface area contributed by atoms with Crippen LogP contribution in [0.25, 0.3) is 0 Å². The van der Waals surface area contributed by atoms with E-state index in [2.05, 4.69) is 0 Å². The number of hydrogen-bond acceptors (Lipinski definition) is 8. The van der Waals surface area contributed by atoms with E-state index in [-0.39, 0.29) is 36.2 Å². The molecule has 214 valence electrons. The highest BCUT2D eigenvalue weighted by Gasteiger charge is 2.36. The number of rotatable bonds is 15. The Morgan fingerprint density at radius 2 is 1.32 bits per heavy atom. The molecule has 0 amide bonds. The van der Waals surface area contributed by atoms with Crippen LogP contribution in [-0.4, -0.2) is 41.1 Å². The van der Waals surface area contributed by atoms with Gasteiger partial charge in [-0.25, -0.2) is 0 Å². The van der Waals surface area contributed by atoms with Gasteiger partial charge in [0.1, 0.15) is 12.1 Å². The topological polar surface area (TPSA) is 142 Å². The Kier molecular flexibility index (Phi) is 13.5. The molecule has 38 heavy (non-hydrogen) atoms. The van der Waals surface area contributed by atoms with Crippen molar-refractivity contribution < 1.29 is 38.5 Å². The van der Waals surface area contributed by atoms with E-state index in [1.54, 1.807) is 33.8 Å². The van der Waals surface area contributed by atoms with Gasteiger partial charge in [-0.1, -0.05) is 54.5 Å². The predicted octanol–water partition coefficient (Wildman–Crippen LogP) is 5.09. The Bertz CT molecular complexity index is 956. The average Bonchev–Trinajstić information content (AvgIpc) is 2.82. The van der Waals surface area contributed by atoms with Crippen LogP contribution in [0.3, 0.4) is 0 Å². The summed E-state index contributed by atoms with van der Waals surface area (Å²) >= 11 is 0. The summed E-state index contributed by atoms with van der Waals surface area (Å²) in [5.41, 5.74) is 6.56. The van der Waals surface area contributed by atoms with E-state index in [9.17, 15) is 24.3 Å². The number of carboxylic acids is 1. The van der Waals surface area contributed by atoms with Gasteiger partial charge in [0.2, 0.25) is 0 Å². The minimum atomic E-state index is -1.34. The van der Waals surface area contributed by atoms with Gasteiger partial charge in [-0.3, -0.25) is 19.2 Å². The van der Waals surface area contributed by atoms with E-state index >= 15 is 0 Å². The van der Waals surface area contributed by atoms with Crippen LogP contribution in [0.15, 0.2) is 18.2 Å². The SMILES string of the molecule is CC(C)CCC(=O)Oc1ccc(C(C(C)C(C)OC(=O)C(C)C)[C@H](N)C(=O)O)cc1OC(=O)CCC(C)C. The molecule has 3 unspecified atom stereocenters. The fourth-order valence-corrected chi connectivity index (χ4v) is 3.77. The molecule has 0 aliphatic heterocycles. The third-order valence-corrected chi connectivity index (χ3v) is 6.40. The fraction of sp³-hybridized carbons (Fsp3) is 0.655. The second-order valence-electron chi connectivity index (χ2n) is 11.1. The Morgan fingerprint density at radius 1 is 0.816 bits per heavy atom. The number of esters is 3. The summed E-state index contributed by atoms with van der Waals surface area (Å²) in [6, 6.07) is 3.22. The molecule has 4 atom stereocenters. The zero-order valence-corrected chi connectivity index (χ0v) is 24.0. The maximum absolute atomic E-state index is 12.6. The quantitative estimate of drug-likeness (QED) is 0.232. The molecule has 3 N–H and O–H groups in total. The Morgan fingerprint density at radius 3 is 1.76 bits per heavy atom. The van der Waals surface area contributed by atoms with Crippen molar-refractivity contribution in [2.45, 2.75) is 99.1 Å². The summed E-state index contributed by atoms with van der Waals surface area (Å²) in [6.45, 7) is 14.8. The first kappa shape index (κ1) is 33.1. The number of nitrogens with two attached hydrogens (primary N) is 1. The normalized spacial score (nSPS) is 14.6. The van der Waals surface area contributed by atoms with Gasteiger partial charge in [-0.15, -0.1) is 0 Å². The first-order chi connectivity index (χ1) is 17.6. The number of aliphatic carboxylic acids is 1. The van der Waals surface area contributed by atoms with Crippen LogP contribution in [0.2, 0.25) is 0 Å². The van der Waals surface area contributed by atoms with Gasteiger partial charge in [0.05, 0.1) is 5.92 Å². The lowest BCUT2D eigenvalue weighted by Gasteiger charge is -2.32. The van der Waals surface area contributed by atoms with E-state index in [1.165, 1.54) is 12.1 Å². The van der Waals surface area contributed by atoms with Gasteiger partial charge in [0.15, 0.2) is 11.5 Å². The first-order valence-electron chi connectivity index (χ1n) is 13.4. The molecular weight excluding hydrogens is 490 g/mol. The van der Waals surface area contributed by atoms with Gasteiger partial charge in [-0.2, -0.15) is 0 Å². The summed E-state index contributed by atoms with van der Waals surface area (Å²) < 4.78 is 16.7. The molecular formula is C29H45NO8. The van der Waals surface area contributed by atoms with E-state index in [0.717, 1.165) is 0 Å². The monoisotopic (exact) mass is 535 g/mol. The van der Waals surface area contributed by atoms with Crippen molar-refractivity contribution in [1.82, 2.24) is 0 Å². The third-order valence-electron chi connectivity index (χ3n) is 6.40. The lowest BCUT2D eigenvalue weighted by molar-refractivity contribution is -0.155. The Labute approximate surface area is 226 Å². The molecule has 1 aromatic carbocycles. The highest BCUT2D eigenvalue weighted by molar-refractivity contribution is 5.77. The molecule has 0 heterocycles. The Balaban J connectivity index is 3.42. The van der Waals surface area contributed by atoms with Crippen LogP contribution in [0, 0.1) is 23.7 Å². The van der Waals surface area contributed by atoms with Crippen molar-refractivity contribution in [3.63, 3.8) is 0 Å². The number of carboxylic acid groups (broad SMARTS) is 1. The molecule has 9 heteroatoms. The molecule has 0 radical (unpaired) electrons. The van der Waals surface area contributed by atoms with Gasteiger partial charge in [0.25, 0.3) is 0 Å². The largest absolute Gasteiger partial charge is 0.480 e. The summed E-state index contributed by atoms with van der Waals surface area (Å²) in [7, 11) is 0.